The Kier molecular flexibility index (Phi) is 10.0. The number of benzene rings is 3. The van der Waals surface area contributed by atoms with Gasteiger partial charge in [-0.2, -0.15) is 11.8 Å². The summed E-state index contributed by atoms with van der Waals surface area (Å²) < 4.78 is 5.38. The van der Waals surface area contributed by atoms with Crippen molar-refractivity contribution in [1.29, 1.82) is 0 Å². The number of nitrogens with one attached hydrogen (secondary N) is 2. The van der Waals surface area contributed by atoms with Gasteiger partial charge in [-0.1, -0.05) is 66.6 Å². The van der Waals surface area contributed by atoms with Crippen LogP contribution in [-0.2, 0) is 14.3 Å². The van der Waals surface area contributed by atoms with Crippen LogP contribution >= 0.6 is 11.8 Å². The maximum absolute atomic E-state index is 13.8. The molecule has 2 unspecified atom stereocenters. The standard InChI is InChI=1S/C31H35N3O4S/c1-7-34(29(36)26(17-18-39-6)33-30(37)38-31(3,4)5)27(24-14-10-11-21(2)19-24)28(35)32-25-16-15-22-12-8-9-13-23(22)20-25/h1,8-16,19-20,26-27H,17-18H2,2-6H3,(H,32,35)(H,33,37). The third kappa shape index (κ3) is 8.26. The molecule has 0 fully saturated rings. The second kappa shape index (κ2) is 13.2. The van der Waals surface area contributed by atoms with Crippen LogP contribution in [0.4, 0.5) is 10.5 Å². The predicted octanol–water partition coefficient (Wildman–Crippen LogP) is 5.89. The third-order valence-corrected chi connectivity index (χ3v) is 6.50. The van der Waals surface area contributed by atoms with Crippen molar-refractivity contribution in [3.05, 3.63) is 77.9 Å². The number of terminal acetylenes is 1. The van der Waals surface area contributed by atoms with Crippen molar-refractivity contribution in [1.82, 2.24) is 10.2 Å². The highest BCUT2D eigenvalue weighted by Gasteiger charge is 2.36. The fraction of sp³-hybridized carbons (Fsp3) is 0.323. The molecule has 2 N–H and O–H groups in total. The van der Waals surface area contributed by atoms with Crippen molar-refractivity contribution in [2.75, 3.05) is 17.3 Å². The SMILES string of the molecule is C#CN(C(=O)C(CCSC)NC(=O)OC(C)(C)C)C(C(=O)Nc1ccc2ccccc2c1)c1cccc(C)c1. The van der Waals surface area contributed by atoms with Gasteiger partial charge in [0.05, 0.1) is 0 Å². The third-order valence-electron chi connectivity index (χ3n) is 5.86. The fourth-order valence-electron chi connectivity index (χ4n) is 4.11. The van der Waals surface area contributed by atoms with E-state index in [4.69, 9.17) is 11.2 Å². The predicted molar refractivity (Wildman–Crippen MR) is 158 cm³/mol. The Morgan fingerprint density at radius 2 is 1.74 bits per heavy atom. The molecule has 0 aliphatic rings. The lowest BCUT2D eigenvalue weighted by atomic mass is 10.0. The van der Waals surface area contributed by atoms with Gasteiger partial charge >= 0.3 is 6.09 Å². The van der Waals surface area contributed by atoms with Crippen LogP contribution in [0.25, 0.3) is 10.8 Å². The van der Waals surface area contributed by atoms with Gasteiger partial charge in [0, 0.05) is 11.7 Å². The summed E-state index contributed by atoms with van der Waals surface area (Å²) in [5, 5.41) is 7.59. The smallest absolute Gasteiger partial charge is 0.408 e. The molecule has 3 rings (SSSR count). The van der Waals surface area contributed by atoms with Crippen molar-refractivity contribution in [3.8, 4) is 12.5 Å². The van der Waals surface area contributed by atoms with E-state index in [-0.39, 0.29) is 0 Å². The van der Waals surface area contributed by atoms with E-state index >= 15 is 0 Å². The minimum Gasteiger partial charge on any atom is -0.444 e. The maximum Gasteiger partial charge on any atom is 0.408 e. The van der Waals surface area contributed by atoms with Crippen molar-refractivity contribution in [2.45, 2.75) is 51.8 Å². The van der Waals surface area contributed by atoms with Crippen LogP contribution in [0.3, 0.4) is 0 Å². The van der Waals surface area contributed by atoms with Crippen LogP contribution < -0.4 is 10.6 Å². The van der Waals surface area contributed by atoms with Crippen molar-refractivity contribution >= 4 is 46.1 Å². The van der Waals surface area contributed by atoms with E-state index in [1.165, 1.54) is 11.8 Å². The molecule has 3 aromatic carbocycles. The second-order valence-corrected chi connectivity index (χ2v) is 11.2. The molecule has 0 aromatic heterocycles. The molecule has 0 aliphatic carbocycles. The lowest BCUT2D eigenvalue weighted by Gasteiger charge is -2.30. The molecule has 3 amide bonds. The summed E-state index contributed by atoms with van der Waals surface area (Å²) in [6, 6.07) is 21.0. The lowest BCUT2D eigenvalue weighted by Crippen LogP contribution is -2.51. The fourth-order valence-corrected chi connectivity index (χ4v) is 4.58. The zero-order valence-electron chi connectivity index (χ0n) is 23.0. The van der Waals surface area contributed by atoms with Crippen molar-refractivity contribution < 1.29 is 19.1 Å². The van der Waals surface area contributed by atoms with E-state index in [9.17, 15) is 14.4 Å². The van der Waals surface area contributed by atoms with Crippen LogP contribution in [0.5, 0.6) is 0 Å². The first kappa shape index (κ1) is 29.6. The number of nitrogens with zero attached hydrogens (tertiary/aromatic N) is 1. The van der Waals surface area contributed by atoms with Crippen LogP contribution in [-0.4, -0.2) is 46.5 Å². The molecule has 204 valence electrons. The summed E-state index contributed by atoms with van der Waals surface area (Å²) in [6.07, 6.45) is 7.36. The number of carbonyl (C=O) groups excluding carboxylic acids is 3. The normalized spacial score (nSPS) is 12.6. The molecule has 0 radical (unpaired) electrons. The summed E-state index contributed by atoms with van der Waals surface area (Å²) in [5.41, 5.74) is 1.30. The minimum atomic E-state index is -1.13. The van der Waals surface area contributed by atoms with Gasteiger partial charge in [-0.05, 0) is 74.6 Å². The molecule has 0 saturated carbocycles. The number of aryl methyl sites for hydroxylation is 1. The number of carbonyl (C=O) groups is 3. The number of anilines is 1. The number of thioether (sulfide) groups is 1. The first-order chi connectivity index (χ1) is 18.5. The highest BCUT2D eigenvalue weighted by molar-refractivity contribution is 7.98. The van der Waals surface area contributed by atoms with E-state index in [2.05, 4.69) is 16.7 Å². The van der Waals surface area contributed by atoms with Gasteiger partial charge in [-0.25, -0.2) is 4.79 Å². The molecule has 3 aromatic rings. The first-order valence-electron chi connectivity index (χ1n) is 12.7. The number of hydrogen-bond acceptors (Lipinski definition) is 5. The molecular formula is C31H35N3O4S. The van der Waals surface area contributed by atoms with Crippen LogP contribution in [0.1, 0.15) is 44.4 Å². The molecular weight excluding hydrogens is 510 g/mol. The molecule has 39 heavy (non-hydrogen) atoms. The molecule has 0 bridgehead atoms. The van der Waals surface area contributed by atoms with Crippen molar-refractivity contribution in [2.24, 2.45) is 0 Å². The summed E-state index contributed by atoms with van der Waals surface area (Å²) in [4.78, 5) is 41.3. The summed E-state index contributed by atoms with van der Waals surface area (Å²) in [6.45, 7) is 7.12. The number of ether oxygens (including phenoxy) is 1. The van der Waals surface area contributed by atoms with Gasteiger partial charge in [0.15, 0.2) is 0 Å². The monoisotopic (exact) mass is 545 g/mol. The summed E-state index contributed by atoms with van der Waals surface area (Å²) in [5.74, 6) is -0.455. The number of hydrogen-bond donors (Lipinski definition) is 2. The number of rotatable bonds is 9. The summed E-state index contributed by atoms with van der Waals surface area (Å²) >= 11 is 1.53. The Bertz CT molecular complexity index is 1380. The molecule has 7 nitrogen and oxygen atoms in total. The molecule has 8 heteroatoms. The van der Waals surface area contributed by atoms with Gasteiger partial charge in [-0.15, -0.1) is 0 Å². The first-order valence-corrected chi connectivity index (χ1v) is 14.1. The lowest BCUT2D eigenvalue weighted by molar-refractivity contribution is -0.136. The quantitative estimate of drug-likeness (QED) is 0.258. The Morgan fingerprint density at radius 3 is 2.38 bits per heavy atom. The van der Waals surface area contributed by atoms with Gasteiger partial charge in [-0.3, -0.25) is 14.5 Å². The van der Waals surface area contributed by atoms with Crippen molar-refractivity contribution in [3.63, 3.8) is 0 Å². The van der Waals surface area contributed by atoms with Crippen LogP contribution in [0.15, 0.2) is 66.7 Å². The topological polar surface area (TPSA) is 87.7 Å². The molecule has 0 aliphatic heterocycles. The minimum absolute atomic E-state index is 0.310. The zero-order chi connectivity index (χ0) is 28.6. The van der Waals surface area contributed by atoms with Gasteiger partial charge in [0.2, 0.25) is 0 Å². The highest BCUT2D eigenvalue weighted by atomic mass is 32.2. The Morgan fingerprint density at radius 1 is 1.03 bits per heavy atom. The Hall–Kier alpha value is -3.96. The average molecular weight is 546 g/mol. The molecule has 2 atom stereocenters. The van der Waals surface area contributed by atoms with E-state index in [1.807, 2.05) is 67.8 Å². The average Bonchev–Trinajstić information content (AvgIpc) is 2.88. The van der Waals surface area contributed by atoms with E-state index in [0.29, 0.717) is 23.4 Å². The summed E-state index contributed by atoms with van der Waals surface area (Å²) in [7, 11) is 0. The molecule has 0 spiro atoms. The van der Waals surface area contributed by atoms with E-state index in [0.717, 1.165) is 21.2 Å². The maximum atomic E-state index is 13.8. The molecule has 0 heterocycles. The number of amides is 3. The van der Waals surface area contributed by atoms with Gasteiger partial charge in [0.25, 0.3) is 11.8 Å². The van der Waals surface area contributed by atoms with E-state index < -0.39 is 35.6 Å². The van der Waals surface area contributed by atoms with Crippen LogP contribution in [0.2, 0.25) is 0 Å². The van der Waals surface area contributed by atoms with E-state index in [1.54, 1.807) is 32.9 Å². The zero-order valence-corrected chi connectivity index (χ0v) is 23.8. The van der Waals surface area contributed by atoms with Gasteiger partial charge < -0.3 is 15.4 Å². The second-order valence-electron chi connectivity index (χ2n) is 10.2. The Labute approximate surface area is 234 Å². The highest BCUT2D eigenvalue weighted by Crippen LogP contribution is 2.26. The number of fused-ring (bicyclic) bond motifs is 1. The van der Waals surface area contributed by atoms with Crippen LogP contribution in [0, 0.1) is 19.4 Å². The number of alkyl carbamates (subject to hydrolysis) is 1. The molecule has 0 saturated heterocycles. The largest absolute Gasteiger partial charge is 0.444 e. The Balaban J connectivity index is 1.96. The van der Waals surface area contributed by atoms with Gasteiger partial charge in [0.1, 0.15) is 17.7 Å².